The van der Waals surface area contributed by atoms with Crippen LogP contribution in [0.2, 0.25) is 0 Å². The monoisotopic (exact) mass is 528 g/mol. The summed E-state index contributed by atoms with van der Waals surface area (Å²) in [6.45, 7) is 0. The second-order valence-corrected chi connectivity index (χ2v) is 5.84. The molecule has 0 rings (SSSR count). The summed E-state index contributed by atoms with van der Waals surface area (Å²) in [6.07, 6.45) is -28.4. The van der Waals surface area contributed by atoms with Crippen molar-refractivity contribution in [2.45, 2.75) is 54.6 Å². The van der Waals surface area contributed by atoms with Crippen molar-refractivity contribution in [3.05, 3.63) is 0 Å². The second-order valence-electron chi connectivity index (χ2n) is 5.84. The van der Waals surface area contributed by atoms with E-state index in [0.29, 0.717) is 0 Å². The molecule has 2 nitrogen and oxygen atoms in total. The summed E-state index contributed by atoms with van der Waals surface area (Å²) in [5.74, 6) is -47.7. The van der Waals surface area contributed by atoms with Crippen molar-refractivity contribution in [1.82, 2.24) is 0 Å². The number of carboxylic acids is 1. The van der Waals surface area contributed by atoms with E-state index in [-0.39, 0.29) is 0 Å². The van der Waals surface area contributed by atoms with Gasteiger partial charge in [0.2, 0.25) is 5.41 Å². The van der Waals surface area contributed by atoms with Crippen LogP contribution < -0.4 is 0 Å². The summed E-state index contributed by atoms with van der Waals surface area (Å²) in [4.78, 5) is 10.2. The first-order valence-corrected chi connectivity index (χ1v) is 6.73. The predicted molar refractivity (Wildman–Crippen MR) is 57.6 cm³/mol. The minimum absolute atomic E-state index is 3.72. The Hall–Kier alpha value is -1.86. The number of halogens is 19. The van der Waals surface area contributed by atoms with Crippen molar-refractivity contribution in [3.8, 4) is 0 Å². The van der Waals surface area contributed by atoms with E-state index < -0.39 is 65.9 Å². The molecule has 32 heavy (non-hydrogen) atoms. The van der Waals surface area contributed by atoms with Crippen LogP contribution in [-0.2, 0) is 4.79 Å². The summed E-state index contributed by atoms with van der Waals surface area (Å²) in [7, 11) is 0. The number of hydrogen-bond donors (Lipinski definition) is 1. The molecule has 21 heteroatoms. The van der Waals surface area contributed by atoms with Crippen molar-refractivity contribution >= 4 is 5.97 Å². The van der Waals surface area contributed by atoms with Gasteiger partial charge in [0.1, 0.15) is 0 Å². The maximum Gasteiger partial charge on any atom is 0.460 e. The van der Waals surface area contributed by atoms with Crippen molar-refractivity contribution in [1.29, 1.82) is 0 Å². The lowest BCUT2D eigenvalue weighted by molar-refractivity contribution is -0.480. The summed E-state index contributed by atoms with van der Waals surface area (Å²) in [5, 5.41) is 8.02. The molecule has 0 radical (unpaired) electrons. The fraction of sp³-hybridized carbons (Fsp3) is 0.909. The summed E-state index contributed by atoms with van der Waals surface area (Å²) in [6, 6.07) is 0. The van der Waals surface area contributed by atoms with E-state index in [1.165, 1.54) is 0 Å². The van der Waals surface area contributed by atoms with Gasteiger partial charge in [-0.3, -0.25) is 4.79 Å². The van der Waals surface area contributed by atoms with Crippen molar-refractivity contribution < 1.29 is 93.3 Å². The molecule has 0 saturated heterocycles. The van der Waals surface area contributed by atoms with Crippen LogP contribution in [0.4, 0.5) is 83.4 Å². The molecule has 0 bridgehead atoms. The number of carbonyl (C=O) groups is 1. The fourth-order valence-corrected chi connectivity index (χ4v) is 2.09. The maximum absolute atomic E-state index is 13.8. The Bertz CT molecular complexity index is 694. The molecule has 0 unspecified atom stereocenters. The van der Waals surface area contributed by atoms with Gasteiger partial charge in [-0.15, -0.1) is 0 Å². The minimum atomic E-state index is -9.02. The molecule has 0 aliphatic carbocycles. The van der Waals surface area contributed by atoms with Gasteiger partial charge in [0.15, 0.2) is 0 Å². The molecule has 0 aromatic carbocycles. The Labute approximate surface area is 160 Å². The SMILES string of the molecule is O=C(O)CC(C(F)(F)F)(C(F)(F)F)C(F)(F)C(F)(F)C(F)(F)C(F)(F)C(F)(F)C(F)(F)F. The summed E-state index contributed by atoms with van der Waals surface area (Å²) >= 11 is 0. The molecular weight excluding hydrogens is 525 g/mol. The molecule has 0 aliphatic rings. The van der Waals surface area contributed by atoms with Crippen LogP contribution in [0.3, 0.4) is 0 Å². The molecule has 192 valence electrons. The molecule has 0 amide bonds. The predicted octanol–water partition coefficient (Wildman–Crippen LogP) is 6.31. The number of carboxylic acid groups (broad SMARTS) is 1. The molecular formula is C11H3F19O2. The lowest BCUT2D eigenvalue weighted by atomic mass is 9.71. The van der Waals surface area contributed by atoms with Crippen LogP contribution in [-0.4, -0.2) is 59.2 Å². The van der Waals surface area contributed by atoms with E-state index in [1.54, 1.807) is 0 Å². The van der Waals surface area contributed by atoms with Gasteiger partial charge >= 0.3 is 54.1 Å². The number of alkyl halides is 19. The zero-order valence-corrected chi connectivity index (χ0v) is 13.7. The Morgan fingerprint density at radius 1 is 0.438 bits per heavy atom. The van der Waals surface area contributed by atoms with Crippen LogP contribution in [0.15, 0.2) is 0 Å². The summed E-state index contributed by atoms with van der Waals surface area (Å²) < 4.78 is 245. The number of rotatable bonds is 7. The first-order chi connectivity index (χ1) is 13.4. The Morgan fingerprint density at radius 2 is 0.688 bits per heavy atom. The van der Waals surface area contributed by atoms with Crippen LogP contribution >= 0.6 is 0 Å². The Kier molecular flexibility index (Phi) is 6.90. The third-order valence-corrected chi connectivity index (χ3v) is 3.85. The van der Waals surface area contributed by atoms with Gasteiger partial charge in [-0.05, 0) is 0 Å². The van der Waals surface area contributed by atoms with Gasteiger partial charge in [0, 0.05) is 0 Å². The van der Waals surface area contributed by atoms with Crippen LogP contribution in [0, 0.1) is 5.41 Å². The summed E-state index contributed by atoms with van der Waals surface area (Å²) in [5.41, 5.74) is -7.87. The highest BCUT2D eigenvalue weighted by atomic mass is 19.4. The van der Waals surface area contributed by atoms with E-state index in [9.17, 15) is 88.2 Å². The van der Waals surface area contributed by atoms with Crippen LogP contribution in [0.5, 0.6) is 0 Å². The highest BCUT2D eigenvalue weighted by Crippen LogP contribution is 2.69. The second kappa shape index (κ2) is 7.32. The largest absolute Gasteiger partial charge is 0.481 e. The zero-order valence-electron chi connectivity index (χ0n) is 13.7. The van der Waals surface area contributed by atoms with Gasteiger partial charge in [0.05, 0.1) is 6.42 Å². The fourth-order valence-electron chi connectivity index (χ4n) is 2.09. The van der Waals surface area contributed by atoms with Crippen molar-refractivity contribution in [2.24, 2.45) is 5.41 Å². The molecule has 0 aliphatic heterocycles. The van der Waals surface area contributed by atoms with Gasteiger partial charge in [-0.25, -0.2) is 0 Å². The normalized spacial score (nSPS) is 16.3. The first-order valence-electron chi connectivity index (χ1n) is 6.73. The van der Waals surface area contributed by atoms with Crippen LogP contribution in [0.1, 0.15) is 6.42 Å². The molecule has 0 spiro atoms. The number of hydrogen-bond acceptors (Lipinski definition) is 1. The highest BCUT2D eigenvalue weighted by molar-refractivity contribution is 5.68. The highest BCUT2D eigenvalue weighted by Gasteiger charge is 2.97. The van der Waals surface area contributed by atoms with Crippen LogP contribution in [0.25, 0.3) is 0 Å². The third-order valence-electron chi connectivity index (χ3n) is 3.85. The standard InChI is InChI=1S/C11H3F19O2/c12-4(13,3(1-2(31)32,9(22,23)24)10(25,26)27)5(14,15)6(16,17)7(18,19)8(20,21)11(28,29)30/h1H2,(H,31,32). The lowest BCUT2D eigenvalue weighted by Gasteiger charge is -2.47. The molecule has 0 heterocycles. The molecule has 0 atom stereocenters. The molecule has 0 aromatic rings. The Balaban J connectivity index is 7.42. The molecule has 1 N–H and O–H groups in total. The Morgan fingerprint density at radius 3 is 0.906 bits per heavy atom. The smallest absolute Gasteiger partial charge is 0.460 e. The molecule has 0 aromatic heterocycles. The van der Waals surface area contributed by atoms with Gasteiger partial charge in [0.25, 0.3) is 0 Å². The molecule has 0 fully saturated rings. The van der Waals surface area contributed by atoms with Crippen molar-refractivity contribution in [3.63, 3.8) is 0 Å². The van der Waals surface area contributed by atoms with E-state index in [0.717, 1.165) is 0 Å². The third kappa shape index (κ3) is 3.67. The van der Waals surface area contributed by atoms with Gasteiger partial charge in [-0.1, -0.05) is 0 Å². The van der Waals surface area contributed by atoms with E-state index in [4.69, 9.17) is 5.11 Å². The first kappa shape index (κ1) is 30.1. The molecule has 0 saturated carbocycles. The van der Waals surface area contributed by atoms with E-state index >= 15 is 0 Å². The van der Waals surface area contributed by atoms with Gasteiger partial charge < -0.3 is 5.11 Å². The van der Waals surface area contributed by atoms with E-state index in [2.05, 4.69) is 0 Å². The lowest BCUT2D eigenvalue weighted by Crippen LogP contribution is -2.76. The average molecular weight is 528 g/mol. The van der Waals surface area contributed by atoms with Crippen molar-refractivity contribution in [2.75, 3.05) is 0 Å². The quantitative estimate of drug-likeness (QED) is 0.394. The minimum Gasteiger partial charge on any atom is -0.481 e. The van der Waals surface area contributed by atoms with E-state index in [1.807, 2.05) is 0 Å². The average Bonchev–Trinajstić information content (AvgIpc) is 2.47. The zero-order chi connectivity index (χ0) is 26.8. The topological polar surface area (TPSA) is 37.3 Å². The van der Waals surface area contributed by atoms with Gasteiger partial charge in [-0.2, -0.15) is 83.4 Å². The maximum atomic E-state index is 13.8. The number of aliphatic carboxylic acids is 1.